The number of para-hydroxylation sites is 1. The van der Waals surface area contributed by atoms with Crippen LogP contribution in [0.25, 0.3) is 44.9 Å². The summed E-state index contributed by atoms with van der Waals surface area (Å²) in [5, 5.41) is 10.8. The molecule has 56 heavy (non-hydrogen) atoms. The van der Waals surface area contributed by atoms with Gasteiger partial charge in [-0.1, -0.05) is 86.6 Å². The number of nitrogens with zero attached hydrogens (tertiary/aromatic N) is 2. The number of nitrogens with one attached hydrogen (secondary N) is 4. The van der Waals surface area contributed by atoms with Crippen LogP contribution in [0.3, 0.4) is 0 Å². The first kappa shape index (κ1) is 32.6. The maximum Gasteiger partial charge on any atom is 0.408 e. The average Bonchev–Trinajstić information content (AvgIpc) is 4.03. The standard InChI is InChI=1S/C44H36N6O6/c1-21(2)34-41-49-37-38(56-41)44-28-11-7-10-26(25-14-12-22(3)35-33(25)27(18-45-35)32-19-46-40(37)54-32)36(28)50-42(44)55-31-15-13-24(16-29(31)44)17-30(39(51)48-34)47-43(52)53-20-23-8-5-4-6-9-23/h4-16,18-19,21,30,34,42,45,50H,17,20H2,1-3H3,(H,47,52)(H,48,51). The van der Waals surface area contributed by atoms with Gasteiger partial charge in [-0.3, -0.25) is 4.79 Å². The summed E-state index contributed by atoms with van der Waals surface area (Å²) in [4.78, 5) is 41.0. The van der Waals surface area contributed by atoms with Gasteiger partial charge in [-0.25, -0.2) is 14.8 Å². The number of carbonyl (C=O) groups is 2. The fraction of sp³-hybridized carbons (Fsp3) is 0.227. The molecule has 4 atom stereocenters. The second-order valence-corrected chi connectivity index (χ2v) is 15.3. The Kier molecular flexibility index (Phi) is 6.89. The number of ether oxygens (including phenoxy) is 2. The van der Waals surface area contributed by atoms with Crippen molar-refractivity contribution in [2.75, 3.05) is 5.32 Å². The molecule has 3 aromatic heterocycles. The fourth-order valence-corrected chi connectivity index (χ4v) is 8.97. The summed E-state index contributed by atoms with van der Waals surface area (Å²) < 4.78 is 26.1. The van der Waals surface area contributed by atoms with Crippen LogP contribution in [0.4, 0.5) is 10.5 Å². The molecule has 2 amide bonds. The molecule has 11 rings (SSSR count). The SMILES string of the molecule is Cc1ccc2c3c(c[nH]c13)-c1cnc(o1)-c1nc3oc1C14c5cc(ccc5OC1Nc1c-2cccc14)CC(NC(=O)OCc1ccccc1)C(=O)NC3C(C)C. The normalized spacial score (nSPS) is 21.0. The van der Waals surface area contributed by atoms with Gasteiger partial charge in [-0.2, -0.15) is 0 Å². The third kappa shape index (κ3) is 4.58. The summed E-state index contributed by atoms with van der Waals surface area (Å²) in [6, 6.07) is 24.2. The number of anilines is 1. The summed E-state index contributed by atoms with van der Waals surface area (Å²) in [5.41, 5.74) is 8.70. The predicted octanol–water partition coefficient (Wildman–Crippen LogP) is 7.91. The van der Waals surface area contributed by atoms with Gasteiger partial charge in [0.1, 0.15) is 29.9 Å². The molecule has 7 heterocycles. The van der Waals surface area contributed by atoms with E-state index in [1.54, 1.807) is 6.20 Å². The van der Waals surface area contributed by atoms with Gasteiger partial charge in [0, 0.05) is 51.5 Å². The lowest BCUT2D eigenvalue weighted by atomic mass is 9.72. The molecule has 12 heteroatoms. The summed E-state index contributed by atoms with van der Waals surface area (Å²) in [6.07, 6.45) is 2.53. The Morgan fingerprint density at radius 2 is 1.86 bits per heavy atom. The molecule has 0 aliphatic carbocycles. The Morgan fingerprint density at radius 1 is 0.982 bits per heavy atom. The van der Waals surface area contributed by atoms with Crippen LogP contribution in [-0.4, -0.2) is 39.2 Å². The monoisotopic (exact) mass is 744 g/mol. The maximum absolute atomic E-state index is 14.3. The van der Waals surface area contributed by atoms with Crippen LogP contribution in [0.1, 0.15) is 59.4 Å². The Morgan fingerprint density at radius 3 is 2.71 bits per heavy atom. The minimum absolute atomic E-state index is 0.0632. The molecule has 7 aromatic rings. The summed E-state index contributed by atoms with van der Waals surface area (Å²) in [5.74, 6) is 1.72. The van der Waals surface area contributed by atoms with Crippen molar-refractivity contribution in [2.45, 2.75) is 57.5 Å². The molecule has 4 N–H and O–H groups in total. The van der Waals surface area contributed by atoms with E-state index in [4.69, 9.17) is 28.3 Å². The largest absolute Gasteiger partial charge is 0.469 e. The number of fused-ring (bicyclic) bond motifs is 7. The lowest BCUT2D eigenvalue weighted by molar-refractivity contribution is -0.124. The van der Waals surface area contributed by atoms with Crippen LogP contribution in [0.5, 0.6) is 5.75 Å². The van der Waals surface area contributed by atoms with Gasteiger partial charge >= 0.3 is 6.09 Å². The lowest BCUT2D eigenvalue weighted by Crippen LogP contribution is -2.49. The van der Waals surface area contributed by atoms with E-state index in [9.17, 15) is 9.59 Å². The number of amides is 2. The number of oxazole rings is 2. The highest BCUT2D eigenvalue weighted by Crippen LogP contribution is 2.61. The number of rotatable bonds is 4. The average molecular weight is 745 g/mol. The molecule has 4 aliphatic rings. The molecular formula is C44H36N6O6. The number of H-pyrrole nitrogens is 1. The Bertz CT molecular complexity index is 2770. The van der Waals surface area contributed by atoms with Crippen LogP contribution >= 0.6 is 0 Å². The molecule has 0 saturated carbocycles. The van der Waals surface area contributed by atoms with Gasteiger partial charge in [-0.05, 0) is 41.2 Å². The Balaban J connectivity index is 1.14. The molecule has 0 radical (unpaired) electrons. The summed E-state index contributed by atoms with van der Waals surface area (Å²) in [7, 11) is 0. The number of carbonyl (C=O) groups excluding carboxylic acids is 2. The van der Waals surface area contributed by atoms with E-state index in [0.29, 0.717) is 23.0 Å². The molecule has 12 nitrogen and oxygen atoms in total. The zero-order valence-corrected chi connectivity index (χ0v) is 30.7. The quantitative estimate of drug-likeness (QED) is 0.141. The molecule has 10 bridgehead atoms. The highest BCUT2D eigenvalue weighted by molar-refractivity contribution is 6.08. The van der Waals surface area contributed by atoms with Crippen molar-refractivity contribution in [2.24, 2.45) is 5.92 Å². The number of hydrogen-bond donors (Lipinski definition) is 4. The van der Waals surface area contributed by atoms with Crippen LogP contribution in [-0.2, 0) is 28.0 Å². The predicted molar refractivity (Wildman–Crippen MR) is 207 cm³/mol. The van der Waals surface area contributed by atoms with Gasteiger partial charge in [0.25, 0.3) is 0 Å². The minimum atomic E-state index is -1.06. The van der Waals surface area contributed by atoms with Crippen molar-refractivity contribution in [1.29, 1.82) is 0 Å². The fourth-order valence-electron chi connectivity index (χ4n) is 8.97. The van der Waals surface area contributed by atoms with E-state index >= 15 is 0 Å². The van der Waals surface area contributed by atoms with Crippen molar-refractivity contribution in [3.63, 3.8) is 0 Å². The molecule has 0 fully saturated rings. The van der Waals surface area contributed by atoms with Gasteiger partial charge in [0.05, 0.1) is 6.20 Å². The van der Waals surface area contributed by atoms with E-state index in [-0.39, 0.29) is 30.7 Å². The van der Waals surface area contributed by atoms with Crippen molar-refractivity contribution in [1.82, 2.24) is 25.6 Å². The molecule has 4 aliphatic heterocycles. The first-order valence-electron chi connectivity index (χ1n) is 18.8. The number of benzene rings is 4. The first-order chi connectivity index (χ1) is 27.3. The van der Waals surface area contributed by atoms with Crippen molar-refractivity contribution in [3.8, 4) is 39.8 Å². The Hall–Kier alpha value is -6.82. The van der Waals surface area contributed by atoms with Crippen molar-refractivity contribution in [3.05, 3.63) is 131 Å². The topological polar surface area (TPSA) is 157 Å². The molecule has 4 unspecified atom stereocenters. The molecular weight excluding hydrogens is 709 g/mol. The van der Waals surface area contributed by atoms with Crippen molar-refractivity contribution >= 4 is 28.6 Å². The number of aryl methyl sites for hydroxylation is 1. The summed E-state index contributed by atoms with van der Waals surface area (Å²) in [6.45, 7) is 6.12. The molecule has 278 valence electrons. The van der Waals surface area contributed by atoms with Crippen LogP contribution in [0, 0.1) is 12.8 Å². The third-order valence-corrected chi connectivity index (χ3v) is 11.7. The number of hydrogen-bond acceptors (Lipinski definition) is 9. The number of alkyl carbamates (subject to hydrolysis) is 1. The lowest BCUT2D eigenvalue weighted by Gasteiger charge is -2.28. The van der Waals surface area contributed by atoms with Crippen LogP contribution in [0.2, 0.25) is 0 Å². The highest BCUT2D eigenvalue weighted by Gasteiger charge is 2.61. The third-order valence-electron chi connectivity index (χ3n) is 11.7. The Labute approximate surface area is 320 Å². The van der Waals surface area contributed by atoms with E-state index in [2.05, 4.69) is 58.2 Å². The first-order valence-corrected chi connectivity index (χ1v) is 18.8. The van der Waals surface area contributed by atoms with E-state index in [0.717, 1.165) is 61.1 Å². The maximum atomic E-state index is 14.3. The minimum Gasteiger partial charge on any atom is -0.469 e. The zero-order chi connectivity index (χ0) is 37.9. The van der Waals surface area contributed by atoms with Gasteiger partial charge < -0.3 is 39.2 Å². The smallest absolute Gasteiger partial charge is 0.408 e. The van der Waals surface area contributed by atoms with Gasteiger partial charge in [0.2, 0.25) is 17.7 Å². The molecule has 1 spiro atoms. The van der Waals surface area contributed by atoms with Crippen LogP contribution < -0.4 is 20.7 Å². The van der Waals surface area contributed by atoms with Crippen LogP contribution in [0.15, 0.2) is 100 Å². The second kappa shape index (κ2) is 11.8. The van der Waals surface area contributed by atoms with Crippen molar-refractivity contribution < 1.29 is 27.9 Å². The molecule has 0 saturated heterocycles. The second-order valence-electron chi connectivity index (χ2n) is 15.3. The van der Waals surface area contributed by atoms with Gasteiger partial charge in [-0.15, -0.1) is 0 Å². The zero-order valence-electron chi connectivity index (χ0n) is 30.7. The number of aromatic amines is 1. The number of aromatic nitrogens is 3. The summed E-state index contributed by atoms with van der Waals surface area (Å²) >= 11 is 0. The van der Waals surface area contributed by atoms with E-state index in [1.807, 2.05) is 68.6 Å². The van der Waals surface area contributed by atoms with Gasteiger partial charge in [0.15, 0.2) is 23.4 Å². The molecule has 4 aromatic carbocycles. The van der Waals surface area contributed by atoms with E-state index in [1.165, 1.54) is 0 Å². The van der Waals surface area contributed by atoms with E-state index < -0.39 is 35.7 Å². The highest BCUT2D eigenvalue weighted by atomic mass is 16.5.